The third-order valence-electron chi connectivity index (χ3n) is 5.45. The zero-order valence-corrected chi connectivity index (χ0v) is 18.0. The maximum Gasteiger partial charge on any atom is 0.416 e. The molecule has 0 aliphatic carbocycles. The van der Waals surface area contributed by atoms with E-state index in [2.05, 4.69) is 4.90 Å². The van der Waals surface area contributed by atoms with E-state index in [0.29, 0.717) is 69.4 Å². The molecule has 1 amide bonds. The molecule has 9 heteroatoms. The van der Waals surface area contributed by atoms with E-state index in [4.69, 9.17) is 4.74 Å². The zero-order valence-electron chi connectivity index (χ0n) is 18.0. The smallest absolute Gasteiger partial charge is 0.416 e. The van der Waals surface area contributed by atoms with Gasteiger partial charge in [-0.1, -0.05) is 18.2 Å². The Morgan fingerprint density at radius 2 is 1.81 bits per heavy atom. The van der Waals surface area contributed by atoms with Crippen LogP contribution in [0, 0.1) is 0 Å². The van der Waals surface area contributed by atoms with Gasteiger partial charge in [-0.15, -0.1) is 0 Å². The molecular weight excluding hydrogens is 423 g/mol. The van der Waals surface area contributed by atoms with Gasteiger partial charge < -0.3 is 14.7 Å². The number of para-hydroxylation sites is 2. The number of ether oxygens (including phenoxy) is 1. The SMILES string of the molecule is CCOc1ccccc1N(CCCN1CCN(c2cccc(C(F)(F)F)c2)CC1)C(=O)O. The molecule has 0 radical (unpaired) electrons. The highest BCUT2D eigenvalue weighted by atomic mass is 19.4. The molecule has 0 saturated carbocycles. The number of hydrogen-bond acceptors (Lipinski definition) is 4. The van der Waals surface area contributed by atoms with Gasteiger partial charge in [-0.2, -0.15) is 13.2 Å². The van der Waals surface area contributed by atoms with Crippen LogP contribution in [0.25, 0.3) is 0 Å². The fourth-order valence-electron chi connectivity index (χ4n) is 3.84. The molecule has 1 fully saturated rings. The molecule has 0 aromatic heterocycles. The minimum Gasteiger partial charge on any atom is -0.492 e. The molecule has 1 aliphatic rings. The van der Waals surface area contributed by atoms with E-state index in [-0.39, 0.29) is 0 Å². The molecule has 3 rings (SSSR count). The van der Waals surface area contributed by atoms with Crippen molar-refractivity contribution in [2.75, 3.05) is 55.7 Å². The summed E-state index contributed by atoms with van der Waals surface area (Å²) in [6, 6.07) is 12.5. The third-order valence-corrected chi connectivity index (χ3v) is 5.45. The van der Waals surface area contributed by atoms with E-state index in [1.54, 1.807) is 30.3 Å². The Balaban J connectivity index is 1.52. The van der Waals surface area contributed by atoms with Crippen molar-refractivity contribution in [1.82, 2.24) is 4.90 Å². The summed E-state index contributed by atoms with van der Waals surface area (Å²) < 4.78 is 44.5. The Hall–Kier alpha value is -2.94. The molecule has 1 heterocycles. The minimum atomic E-state index is -4.35. The van der Waals surface area contributed by atoms with E-state index in [9.17, 15) is 23.1 Å². The lowest BCUT2D eigenvalue weighted by atomic mass is 10.1. The first-order valence-electron chi connectivity index (χ1n) is 10.7. The number of benzene rings is 2. The van der Waals surface area contributed by atoms with Gasteiger partial charge in [-0.05, 0) is 50.2 Å². The summed E-state index contributed by atoms with van der Waals surface area (Å²) in [5.74, 6) is 0.534. The van der Waals surface area contributed by atoms with Crippen molar-refractivity contribution in [3.8, 4) is 5.75 Å². The fraction of sp³-hybridized carbons (Fsp3) is 0.435. The summed E-state index contributed by atoms with van der Waals surface area (Å²) in [6.45, 7) is 5.98. The van der Waals surface area contributed by atoms with Crippen LogP contribution >= 0.6 is 0 Å². The van der Waals surface area contributed by atoms with Crippen molar-refractivity contribution in [2.45, 2.75) is 19.5 Å². The van der Waals surface area contributed by atoms with Crippen molar-refractivity contribution in [3.05, 3.63) is 54.1 Å². The topological polar surface area (TPSA) is 56.2 Å². The molecule has 0 unspecified atom stereocenters. The normalized spacial score (nSPS) is 14.9. The molecule has 1 aliphatic heterocycles. The molecule has 6 nitrogen and oxygen atoms in total. The molecule has 1 N–H and O–H groups in total. The molecule has 0 atom stereocenters. The highest BCUT2D eigenvalue weighted by Crippen LogP contribution is 2.32. The van der Waals surface area contributed by atoms with Gasteiger partial charge in [0.25, 0.3) is 0 Å². The third kappa shape index (κ3) is 6.06. The number of nitrogens with zero attached hydrogens (tertiary/aromatic N) is 3. The summed E-state index contributed by atoms with van der Waals surface area (Å²) in [7, 11) is 0. The van der Waals surface area contributed by atoms with E-state index >= 15 is 0 Å². The largest absolute Gasteiger partial charge is 0.492 e. The van der Waals surface area contributed by atoms with Gasteiger partial charge in [0.1, 0.15) is 5.75 Å². The number of rotatable bonds is 8. The van der Waals surface area contributed by atoms with Crippen molar-refractivity contribution >= 4 is 17.5 Å². The predicted molar refractivity (Wildman–Crippen MR) is 118 cm³/mol. The number of carboxylic acid groups (broad SMARTS) is 1. The van der Waals surface area contributed by atoms with E-state index in [1.807, 2.05) is 11.8 Å². The summed E-state index contributed by atoms with van der Waals surface area (Å²) >= 11 is 0. The van der Waals surface area contributed by atoms with Crippen LogP contribution in [0.4, 0.5) is 29.3 Å². The van der Waals surface area contributed by atoms with Crippen LogP contribution in [-0.2, 0) is 6.18 Å². The number of halogens is 3. The highest BCUT2D eigenvalue weighted by molar-refractivity contribution is 5.88. The van der Waals surface area contributed by atoms with Crippen LogP contribution in [0.15, 0.2) is 48.5 Å². The minimum absolute atomic E-state index is 0.327. The van der Waals surface area contributed by atoms with Gasteiger partial charge in [-0.3, -0.25) is 9.80 Å². The molecule has 2 aromatic rings. The fourth-order valence-corrected chi connectivity index (χ4v) is 3.84. The average Bonchev–Trinajstić information content (AvgIpc) is 2.77. The number of carbonyl (C=O) groups is 1. The molecule has 0 bridgehead atoms. The Morgan fingerprint density at radius 3 is 2.47 bits per heavy atom. The maximum absolute atomic E-state index is 13.0. The van der Waals surface area contributed by atoms with Gasteiger partial charge in [0.05, 0.1) is 17.9 Å². The van der Waals surface area contributed by atoms with Crippen molar-refractivity contribution in [3.63, 3.8) is 0 Å². The highest BCUT2D eigenvalue weighted by Gasteiger charge is 2.31. The summed E-state index contributed by atoms with van der Waals surface area (Å²) in [5.41, 5.74) is 0.457. The number of amides is 1. The second kappa shape index (κ2) is 10.6. The first kappa shape index (κ1) is 23.7. The zero-order chi connectivity index (χ0) is 23.1. The van der Waals surface area contributed by atoms with Crippen LogP contribution < -0.4 is 14.5 Å². The van der Waals surface area contributed by atoms with E-state index < -0.39 is 17.8 Å². The Morgan fingerprint density at radius 1 is 1.09 bits per heavy atom. The summed E-state index contributed by atoms with van der Waals surface area (Å²) in [5, 5.41) is 9.67. The lowest BCUT2D eigenvalue weighted by Crippen LogP contribution is -2.47. The summed E-state index contributed by atoms with van der Waals surface area (Å²) in [6.07, 6.45) is -4.75. The van der Waals surface area contributed by atoms with E-state index in [1.165, 1.54) is 17.0 Å². The van der Waals surface area contributed by atoms with Gasteiger partial charge in [0.2, 0.25) is 0 Å². The first-order valence-corrected chi connectivity index (χ1v) is 10.7. The van der Waals surface area contributed by atoms with Crippen LogP contribution in [0.3, 0.4) is 0 Å². The monoisotopic (exact) mass is 451 g/mol. The molecule has 32 heavy (non-hydrogen) atoms. The number of anilines is 2. The van der Waals surface area contributed by atoms with Crippen molar-refractivity contribution in [1.29, 1.82) is 0 Å². The Labute approximate surface area is 185 Å². The number of piperazine rings is 1. The predicted octanol–water partition coefficient (Wildman–Crippen LogP) is 4.80. The molecule has 174 valence electrons. The standard InChI is InChI=1S/C23H28F3N3O3/c1-2-32-21-10-4-3-9-20(21)29(22(30)31)12-6-11-27-13-15-28(16-14-27)19-8-5-7-18(17-19)23(24,25)26/h3-5,7-10,17H,2,6,11-16H2,1H3,(H,30,31). The molecular formula is C23H28F3N3O3. The molecule has 0 spiro atoms. The molecule has 2 aromatic carbocycles. The average molecular weight is 451 g/mol. The van der Waals surface area contributed by atoms with E-state index in [0.717, 1.165) is 6.07 Å². The van der Waals surface area contributed by atoms with Crippen LogP contribution in [0.2, 0.25) is 0 Å². The summed E-state index contributed by atoms with van der Waals surface area (Å²) in [4.78, 5) is 17.3. The van der Waals surface area contributed by atoms with Gasteiger partial charge in [-0.25, -0.2) is 4.79 Å². The van der Waals surface area contributed by atoms with Crippen molar-refractivity contribution in [2.24, 2.45) is 0 Å². The lowest BCUT2D eigenvalue weighted by Gasteiger charge is -2.36. The van der Waals surface area contributed by atoms with Gasteiger partial charge in [0, 0.05) is 38.4 Å². The van der Waals surface area contributed by atoms with Gasteiger partial charge in [0.15, 0.2) is 0 Å². The van der Waals surface area contributed by atoms with Crippen LogP contribution in [0.5, 0.6) is 5.75 Å². The van der Waals surface area contributed by atoms with Gasteiger partial charge >= 0.3 is 12.3 Å². The number of hydrogen-bond donors (Lipinski definition) is 1. The quantitative estimate of drug-likeness (QED) is 0.625. The van der Waals surface area contributed by atoms with Crippen LogP contribution in [-0.4, -0.2) is 62.0 Å². The second-order valence-electron chi connectivity index (χ2n) is 7.57. The van der Waals surface area contributed by atoms with Crippen LogP contribution in [0.1, 0.15) is 18.9 Å². The maximum atomic E-state index is 13.0. The second-order valence-corrected chi connectivity index (χ2v) is 7.57. The first-order chi connectivity index (χ1) is 15.3. The molecule has 1 saturated heterocycles. The Kier molecular flexibility index (Phi) is 7.84. The number of alkyl halides is 3. The lowest BCUT2D eigenvalue weighted by molar-refractivity contribution is -0.137. The Bertz CT molecular complexity index is 899. The van der Waals surface area contributed by atoms with Crippen molar-refractivity contribution < 1.29 is 27.8 Å².